The van der Waals surface area contributed by atoms with Gasteiger partial charge in [0.15, 0.2) is 0 Å². The topological polar surface area (TPSA) is 49.7 Å². The molecule has 2 aromatic rings. The van der Waals surface area contributed by atoms with Crippen molar-refractivity contribution in [1.82, 2.24) is 5.01 Å². The van der Waals surface area contributed by atoms with E-state index in [0.717, 1.165) is 10.6 Å². The third-order valence-electron chi connectivity index (χ3n) is 3.70. The lowest BCUT2D eigenvalue weighted by molar-refractivity contribution is 0.0660. The fraction of sp³-hybridized carbons (Fsp3) is 0.167. The van der Waals surface area contributed by atoms with Crippen LogP contribution in [0.1, 0.15) is 51.6 Å². The van der Waals surface area contributed by atoms with Crippen LogP contribution in [0.4, 0.5) is 0 Å². The van der Waals surface area contributed by atoms with Crippen molar-refractivity contribution < 1.29 is 9.59 Å². The smallest absolute Gasteiger partial charge is 0.267 e. The van der Waals surface area contributed by atoms with E-state index < -0.39 is 0 Å². The molecule has 0 spiro atoms. The monoisotopic (exact) mass is 292 g/mol. The van der Waals surface area contributed by atoms with E-state index in [1.807, 2.05) is 24.3 Å². The lowest BCUT2D eigenvalue weighted by Crippen LogP contribution is -2.23. The Kier molecular flexibility index (Phi) is 3.59. The van der Waals surface area contributed by atoms with Crippen molar-refractivity contribution >= 4 is 18.0 Å². The molecule has 2 aromatic carbocycles. The van der Waals surface area contributed by atoms with Crippen molar-refractivity contribution in [1.29, 1.82) is 0 Å². The molecule has 0 N–H and O–H groups in total. The number of imide groups is 1. The number of hydrogen-bond donors (Lipinski definition) is 0. The van der Waals surface area contributed by atoms with Crippen LogP contribution >= 0.6 is 0 Å². The highest BCUT2D eigenvalue weighted by molar-refractivity contribution is 6.21. The lowest BCUT2D eigenvalue weighted by Gasteiger charge is -2.07. The minimum atomic E-state index is -0.379. The summed E-state index contributed by atoms with van der Waals surface area (Å²) in [5.74, 6) is -0.298. The molecule has 0 fully saturated rings. The van der Waals surface area contributed by atoms with Crippen molar-refractivity contribution in [3.05, 3.63) is 70.8 Å². The van der Waals surface area contributed by atoms with E-state index in [4.69, 9.17) is 0 Å². The largest absolute Gasteiger partial charge is 0.282 e. The maximum Gasteiger partial charge on any atom is 0.282 e. The van der Waals surface area contributed by atoms with Gasteiger partial charge in [-0.05, 0) is 29.2 Å². The van der Waals surface area contributed by atoms with Gasteiger partial charge in [-0.1, -0.05) is 50.2 Å². The Labute approximate surface area is 129 Å². The number of hydrogen-bond acceptors (Lipinski definition) is 3. The van der Waals surface area contributed by atoms with E-state index in [1.54, 1.807) is 24.3 Å². The van der Waals surface area contributed by atoms with Crippen LogP contribution < -0.4 is 0 Å². The Balaban J connectivity index is 1.82. The lowest BCUT2D eigenvalue weighted by atomic mass is 10.0. The van der Waals surface area contributed by atoms with Crippen molar-refractivity contribution in [3.63, 3.8) is 0 Å². The Bertz CT molecular complexity index is 726. The fourth-order valence-electron chi connectivity index (χ4n) is 2.37. The Morgan fingerprint density at radius 2 is 1.45 bits per heavy atom. The van der Waals surface area contributed by atoms with Gasteiger partial charge in [-0.15, -0.1) is 0 Å². The molecule has 2 amide bonds. The Morgan fingerprint density at radius 3 is 1.95 bits per heavy atom. The normalized spacial score (nSPS) is 14.2. The molecule has 1 aliphatic rings. The summed E-state index contributed by atoms with van der Waals surface area (Å²) in [5, 5.41) is 4.97. The number of carbonyl (C=O) groups excluding carboxylic acids is 2. The molecule has 22 heavy (non-hydrogen) atoms. The molecule has 110 valence electrons. The van der Waals surface area contributed by atoms with Gasteiger partial charge in [-0.3, -0.25) is 9.59 Å². The molecule has 4 heteroatoms. The average Bonchev–Trinajstić information content (AvgIpc) is 2.78. The van der Waals surface area contributed by atoms with Crippen LogP contribution in [-0.2, 0) is 0 Å². The van der Waals surface area contributed by atoms with Crippen molar-refractivity contribution in [3.8, 4) is 0 Å². The van der Waals surface area contributed by atoms with E-state index in [0.29, 0.717) is 17.0 Å². The number of rotatable bonds is 3. The number of amides is 2. The third kappa shape index (κ3) is 2.44. The van der Waals surface area contributed by atoms with Gasteiger partial charge in [0, 0.05) is 0 Å². The van der Waals surface area contributed by atoms with E-state index >= 15 is 0 Å². The van der Waals surface area contributed by atoms with Crippen LogP contribution in [0.2, 0.25) is 0 Å². The standard InChI is InChI=1S/C18H16N2O2/c1-12(2)14-9-7-13(8-10-14)11-19-20-17(21)15-5-3-4-6-16(15)18(20)22/h3-12H,1-2H3/b19-11-. The van der Waals surface area contributed by atoms with Gasteiger partial charge < -0.3 is 0 Å². The maximum atomic E-state index is 12.2. The van der Waals surface area contributed by atoms with Crippen LogP contribution in [0.5, 0.6) is 0 Å². The quantitative estimate of drug-likeness (QED) is 0.642. The molecule has 0 unspecified atom stereocenters. The van der Waals surface area contributed by atoms with Gasteiger partial charge in [0.25, 0.3) is 11.8 Å². The molecule has 0 aliphatic carbocycles. The average molecular weight is 292 g/mol. The van der Waals surface area contributed by atoms with E-state index in [9.17, 15) is 9.59 Å². The molecular formula is C18H16N2O2. The molecule has 0 atom stereocenters. The Morgan fingerprint density at radius 1 is 0.909 bits per heavy atom. The number of benzene rings is 2. The predicted octanol–water partition coefficient (Wildman–Crippen LogP) is 3.44. The summed E-state index contributed by atoms with van der Waals surface area (Å²) in [4.78, 5) is 24.3. The molecular weight excluding hydrogens is 276 g/mol. The van der Waals surface area contributed by atoms with Crippen molar-refractivity contribution in [2.24, 2.45) is 5.10 Å². The van der Waals surface area contributed by atoms with Crippen LogP contribution in [-0.4, -0.2) is 23.0 Å². The molecule has 1 aliphatic heterocycles. The van der Waals surface area contributed by atoms with Gasteiger partial charge in [0.1, 0.15) is 0 Å². The molecule has 0 bridgehead atoms. The second-order valence-electron chi connectivity index (χ2n) is 5.53. The Hall–Kier alpha value is -2.75. The highest BCUT2D eigenvalue weighted by Crippen LogP contribution is 2.22. The molecule has 1 heterocycles. The van der Waals surface area contributed by atoms with Gasteiger partial charge in [-0.25, -0.2) is 0 Å². The fourth-order valence-corrected chi connectivity index (χ4v) is 2.37. The zero-order chi connectivity index (χ0) is 15.7. The summed E-state index contributed by atoms with van der Waals surface area (Å²) < 4.78 is 0. The second-order valence-corrected chi connectivity index (χ2v) is 5.53. The number of carbonyl (C=O) groups is 2. The van der Waals surface area contributed by atoms with E-state index in [2.05, 4.69) is 18.9 Å². The summed E-state index contributed by atoms with van der Waals surface area (Å²) >= 11 is 0. The zero-order valence-electron chi connectivity index (χ0n) is 12.5. The zero-order valence-corrected chi connectivity index (χ0v) is 12.5. The number of hydrazone groups is 1. The minimum absolute atomic E-state index is 0.379. The van der Waals surface area contributed by atoms with Crippen molar-refractivity contribution in [2.75, 3.05) is 0 Å². The number of fused-ring (bicyclic) bond motifs is 1. The molecule has 0 radical (unpaired) electrons. The first-order chi connectivity index (χ1) is 10.6. The second kappa shape index (κ2) is 5.56. The molecule has 4 nitrogen and oxygen atoms in total. The van der Waals surface area contributed by atoms with Crippen LogP contribution in [0.15, 0.2) is 53.6 Å². The van der Waals surface area contributed by atoms with Crippen LogP contribution in [0.3, 0.4) is 0 Å². The maximum absolute atomic E-state index is 12.2. The molecule has 0 aromatic heterocycles. The van der Waals surface area contributed by atoms with Crippen LogP contribution in [0.25, 0.3) is 0 Å². The van der Waals surface area contributed by atoms with E-state index in [1.165, 1.54) is 11.8 Å². The van der Waals surface area contributed by atoms with Gasteiger partial charge >= 0.3 is 0 Å². The summed E-state index contributed by atoms with van der Waals surface area (Å²) in [7, 11) is 0. The first-order valence-electron chi connectivity index (χ1n) is 7.19. The van der Waals surface area contributed by atoms with Gasteiger partial charge in [0.2, 0.25) is 0 Å². The summed E-state index contributed by atoms with van der Waals surface area (Å²) in [5.41, 5.74) is 2.89. The first-order valence-corrected chi connectivity index (χ1v) is 7.19. The third-order valence-corrected chi connectivity index (χ3v) is 3.70. The minimum Gasteiger partial charge on any atom is -0.267 e. The van der Waals surface area contributed by atoms with Gasteiger partial charge in [-0.2, -0.15) is 10.1 Å². The van der Waals surface area contributed by atoms with Crippen LogP contribution in [0, 0.1) is 0 Å². The number of nitrogens with zero attached hydrogens (tertiary/aromatic N) is 2. The van der Waals surface area contributed by atoms with Crippen molar-refractivity contribution in [2.45, 2.75) is 19.8 Å². The molecule has 3 rings (SSSR count). The van der Waals surface area contributed by atoms with Gasteiger partial charge in [0.05, 0.1) is 17.3 Å². The summed E-state index contributed by atoms with van der Waals surface area (Å²) in [6, 6.07) is 14.7. The highest BCUT2D eigenvalue weighted by Gasteiger charge is 2.35. The summed E-state index contributed by atoms with van der Waals surface area (Å²) in [6.45, 7) is 4.25. The van der Waals surface area contributed by atoms with E-state index in [-0.39, 0.29) is 11.8 Å². The summed E-state index contributed by atoms with van der Waals surface area (Å²) in [6.07, 6.45) is 1.53. The molecule has 0 saturated carbocycles. The predicted molar refractivity (Wildman–Crippen MR) is 85.1 cm³/mol. The highest BCUT2D eigenvalue weighted by atomic mass is 16.2. The SMILES string of the molecule is CC(C)c1ccc(/C=N\N2C(=O)c3ccccc3C2=O)cc1. The first kappa shape index (κ1) is 14.2. The molecule has 0 saturated heterocycles.